The molecular weight excluding hydrogens is 260 g/mol. The number of rotatable bonds is 7. The molecule has 0 amide bonds. The van der Waals surface area contributed by atoms with Crippen molar-refractivity contribution in [2.24, 2.45) is 16.9 Å². The topological polar surface area (TPSA) is 52.2 Å². The molecule has 0 radical (unpaired) electrons. The van der Waals surface area contributed by atoms with Gasteiger partial charge in [0.25, 0.3) is 0 Å². The third kappa shape index (κ3) is 5.50. The van der Waals surface area contributed by atoms with Crippen LogP contribution in [0.2, 0.25) is 0 Å². The van der Waals surface area contributed by atoms with Crippen molar-refractivity contribution >= 4 is 6.21 Å². The molecule has 0 saturated heterocycles. The number of hydrazone groups is 1. The maximum absolute atomic E-state index is 4.15. The second-order valence-electron chi connectivity index (χ2n) is 6.05. The smallest absolute Gasteiger partial charge is 0.112 e. The number of hydrogen-bond donors (Lipinski definition) is 3. The fourth-order valence-corrected chi connectivity index (χ4v) is 3.01. The molecule has 0 aliphatic heterocycles. The van der Waals surface area contributed by atoms with Crippen molar-refractivity contribution in [3.8, 4) is 0 Å². The van der Waals surface area contributed by atoms with Crippen molar-refractivity contribution in [2.75, 3.05) is 6.54 Å². The quantitative estimate of drug-likeness (QED) is 0.409. The number of nitrogens with zero attached hydrogens (tertiary/aromatic N) is 1. The van der Waals surface area contributed by atoms with Gasteiger partial charge in [0, 0.05) is 12.7 Å². The summed E-state index contributed by atoms with van der Waals surface area (Å²) in [5.41, 5.74) is 5.27. The van der Waals surface area contributed by atoms with Crippen LogP contribution in [0, 0.1) is 11.8 Å². The van der Waals surface area contributed by atoms with Crippen LogP contribution in [-0.4, -0.2) is 17.7 Å². The van der Waals surface area contributed by atoms with E-state index in [1.807, 2.05) is 18.3 Å². The molecule has 2 rings (SSSR count). The van der Waals surface area contributed by atoms with Gasteiger partial charge < -0.3 is 10.3 Å². The van der Waals surface area contributed by atoms with Crippen molar-refractivity contribution in [1.29, 1.82) is 0 Å². The van der Waals surface area contributed by atoms with Crippen LogP contribution in [0.3, 0.4) is 0 Å². The number of allylic oxidation sites excluding steroid dienone is 1. The first-order valence-electron chi connectivity index (χ1n) is 7.65. The SMILES string of the molecule is C=C1CC(C)CC(CCNC(=C)N/N=C/c2ccc[nH]2)C1. The molecule has 1 fully saturated rings. The van der Waals surface area contributed by atoms with Crippen molar-refractivity contribution in [3.63, 3.8) is 0 Å². The molecule has 0 aromatic carbocycles. The van der Waals surface area contributed by atoms with Crippen LogP contribution in [-0.2, 0) is 0 Å². The Morgan fingerprint density at radius 3 is 3.10 bits per heavy atom. The van der Waals surface area contributed by atoms with E-state index >= 15 is 0 Å². The largest absolute Gasteiger partial charge is 0.371 e. The number of H-pyrrole nitrogens is 1. The lowest BCUT2D eigenvalue weighted by molar-refractivity contribution is 0.319. The average molecular weight is 286 g/mol. The van der Waals surface area contributed by atoms with E-state index in [9.17, 15) is 0 Å². The van der Waals surface area contributed by atoms with Gasteiger partial charge in [0.2, 0.25) is 0 Å². The van der Waals surface area contributed by atoms with Crippen LogP contribution in [0.25, 0.3) is 0 Å². The van der Waals surface area contributed by atoms with E-state index in [0.717, 1.165) is 36.3 Å². The third-order valence-corrected chi connectivity index (χ3v) is 3.87. The predicted molar refractivity (Wildman–Crippen MR) is 88.9 cm³/mol. The van der Waals surface area contributed by atoms with E-state index < -0.39 is 0 Å². The van der Waals surface area contributed by atoms with Crippen LogP contribution < -0.4 is 10.7 Å². The fraction of sp³-hybridized carbons (Fsp3) is 0.471. The standard InChI is InChI=1S/C17H26N4/c1-13-9-14(2)11-16(10-13)6-8-18-15(3)21-20-12-17-5-4-7-19-17/h4-5,7,12,14,16,18-19,21H,1,3,6,8-11H2,2H3/b20-12+. The number of nitrogens with one attached hydrogen (secondary N) is 3. The monoisotopic (exact) mass is 286 g/mol. The van der Waals surface area contributed by atoms with Gasteiger partial charge in [-0.25, -0.2) is 0 Å². The van der Waals surface area contributed by atoms with E-state index in [1.54, 1.807) is 6.21 Å². The lowest BCUT2D eigenvalue weighted by Gasteiger charge is -2.28. The number of aromatic nitrogens is 1. The second-order valence-corrected chi connectivity index (χ2v) is 6.05. The number of aromatic amines is 1. The van der Waals surface area contributed by atoms with E-state index in [4.69, 9.17) is 0 Å². The molecule has 1 aromatic heterocycles. The van der Waals surface area contributed by atoms with Crippen LogP contribution in [0.5, 0.6) is 0 Å². The van der Waals surface area contributed by atoms with Crippen LogP contribution in [0.1, 0.15) is 38.3 Å². The third-order valence-electron chi connectivity index (χ3n) is 3.87. The van der Waals surface area contributed by atoms with Gasteiger partial charge in [0.05, 0.1) is 11.9 Å². The maximum Gasteiger partial charge on any atom is 0.112 e. The molecule has 2 unspecified atom stereocenters. The van der Waals surface area contributed by atoms with Gasteiger partial charge >= 0.3 is 0 Å². The Balaban J connectivity index is 1.62. The maximum atomic E-state index is 4.15. The molecule has 1 aliphatic rings. The summed E-state index contributed by atoms with van der Waals surface area (Å²) in [6.45, 7) is 11.3. The van der Waals surface area contributed by atoms with Gasteiger partial charge in [-0.3, -0.25) is 5.43 Å². The Bertz CT molecular complexity index is 487. The highest BCUT2D eigenvalue weighted by Crippen LogP contribution is 2.33. The molecular formula is C17H26N4. The molecule has 0 bridgehead atoms. The summed E-state index contributed by atoms with van der Waals surface area (Å²) >= 11 is 0. The summed E-state index contributed by atoms with van der Waals surface area (Å²) in [7, 11) is 0. The van der Waals surface area contributed by atoms with Gasteiger partial charge in [-0.15, -0.1) is 0 Å². The Labute approximate surface area is 127 Å². The molecule has 1 saturated carbocycles. The highest BCUT2D eigenvalue weighted by molar-refractivity contribution is 5.76. The van der Waals surface area contributed by atoms with Gasteiger partial charge in [-0.1, -0.05) is 25.7 Å². The van der Waals surface area contributed by atoms with Crippen molar-refractivity contribution < 1.29 is 0 Å². The Morgan fingerprint density at radius 1 is 1.52 bits per heavy atom. The van der Waals surface area contributed by atoms with Crippen molar-refractivity contribution in [2.45, 2.75) is 32.6 Å². The average Bonchev–Trinajstić information content (AvgIpc) is 2.91. The molecule has 4 nitrogen and oxygen atoms in total. The summed E-state index contributed by atoms with van der Waals surface area (Å²) in [4.78, 5) is 3.06. The molecule has 1 heterocycles. The normalized spacial score (nSPS) is 22.4. The molecule has 114 valence electrons. The van der Waals surface area contributed by atoms with Gasteiger partial charge in [0.15, 0.2) is 0 Å². The fourth-order valence-electron chi connectivity index (χ4n) is 3.01. The molecule has 2 atom stereocenters. The molecule has 1 aromatic rings. The van der Waals surface area contributed by atoms with Gasteiger partial charge in [0.1, 0.15) is 5.82 Å². The Hall–Kier alpha value is -1.97. The summed E-state index contributed by atoms with van der Waals surface area (Å²) < 4.78 is 0. The number of hydrogen-bond acceptors (Lipinski definition) is 3. The van der Waals surface area contributed by atoms with E-state index in [1.165, 1.54) is 24.8 Å². The van der Waals surface area contributed by atoms with Crippen LogP contribution in [0.15, 0.2) is 48.0 Å². The van der Waals surface area contributed by atoms with Crippen LogP contribution >= 0.6 is 0 Å². The minimum atomic E-state index is 0.737. The zero-order chi connectivity index (χ0) is 15.1. The van der Waals surface area contributed by atoms with E-state index in [0.29, 0.717) is 0 Å². The first kappa shape index (κ1) is 15.4. The second kappa shape index (κ2) is 7.72. The first-order valence-corrected chi connectivity index (χ1v) is 7.65. The molecule has 1 aliphatic carbocycles. The zero-order valence-corrected chi connectivity index (χ0v) is 12.9. The summed E-state index contributed by atoms with van der Waals surface area (Å²) in [6, 6.07) is 3.89. The highest BCUT2D eigenvalue weighted by atomic mass is 15.3. The highest BCUT2D eigenvalue weighted by Gasteiger charge is 2.20. The molecule has 0 spiro atoms. The Kier molecular flexibility index (Phi) is 5.67. The Morgan fingerprint density at radius 2 is 2.38 bits per heavy atom. The van der Waals surface area contributed by atoms with Gasteiger partial charge in [-0.05, 0) is 49.7 Å². The summed E-state index contributed by atoms with van der Waals surface area (Å²) in [5, 5.41) is 7.40. The predicted octanol–water partition coefficient (Wildman–Crippen LogP) is 3.38. The summed E-state index contributed by atoms with van der Waals surface area (Å²) in [5.74, 6) is 2.27. The molecule has 3 N–H and O–H groups in total. The van der Waals surface area contributed by atoms with Crippen LogP contribution in [0.4, 0.5) is 0 Å². The van der Waals surface area contributed by atoms with Crippen molar-refractivity contribution in [3.05, 3.63) is 48.6 Å². The minimum Gasteiger partial charge on any atom is -0.371 e. The summed E-state index contributed by atoms with van der Waals surface area (Å²) in [6.07, 6.45) is 8.45. The molecule has 21 heavy (non-hydrogen) atoms. The first-order chi connectivity index (χ1) is 10.1. The zero-order valence-electron chi connectivity index (χ0n) is 12.9. The van der Waals surface area contributed by atoms with Gasteiger partial charge in [-0.2, -0.15) is 5.10 Å². The van der Waals surface area contributed by atoms with E-state index in [-0.39, 0.29) is 0 Å². The lowest BCUT2D eigenvalue weighted by atomic mass is 9.78. The lowest BCUT2D eigenvalue weighted by Crippen LogP contribution is -2.26. The molecule has 4 heteroatoms. The minimum absolute atomic E-state index is 0.737. The van der Waals surface area contributed by atoms with E-state index in [2.05, 4.69) is 40.9 Å². The van der Waals surface area contributed by atoms with Crippen molar-refractivity contribution in [1.82, 2.24) is 15.7 Å².